The third-order valence-corrected chi connectivity index (χ3v) is 3.20. The quantitative estimate of drug-likeness (QED) is 0.522. The first-order valence-electron chi connectivity index (χ1n) is 7.82. The van der Waals surface area contributed by atoms with Gasteiger partial charge in [0.25, 0.3) is 0 Å². The number of aliphatic carboxylic acids is 1. The molecule has 0 aromatic heterocycles. The van der Waals surface area contributed by atoms with Crippen LogP contribution in [0.25, 0.3) is 0 Å². The van der Waals surface area contributed by atoms with Gasteiger partial charge in [0.15, 0.2) is 0 Å². The van der Waals surface area contributed by atoms with Gasteiger partial charge in [-0.15, -0.1) is 0 Å². The summed E-state index contributed by atoms with van der Waals surface area (Å²) in [6.07, 6.45) is 2.39. The molecule has 24 heavy (non-hydrogen) atoms. The maximum atomic E-state index is 10.8. The zero-order valence-corrected chi connectivity index (χ0v) is 14.9. The average molecular weight is 336 g/mol. The van der Waals surface area contributed by atoms with E-state index in [4.69, 9.17) is 10.8 Å². The highest BCUT2D eigenvalue weighted by molar-refractivity contribution is 5.78. The fourth-order valence-corrected chi connectivity index (χ4v) is 2.03. The van der Waals surface area contributed by atoms with Crippen molar-refractivity contribution in [3.05, 3.63) is 41.5 Å². The van der Waals surface area contributed by atoms with Gasteiger partial charge in [-0.2, -0.15) is 0 Å². The van der Waals surface area contributed by atoms with Gasteiger partial charge < -0.3 is 20.9 Å². The van der Waals surface area contributed by atoms with E-state index in [-0.39, 0.29) is 13.2 Å². The van der Waals surface area contributed by atoms with Crippen molar-refractivity contribution in [1.82, 2.24) is 0 Å². The number of hydrogen-bond acceptors (Lipinski definition) is 5. The van der Waals surface area contributed by atoms with Crippen molar-refractivity contribution in [1.29, 1.82) is 0 Å². The van der Waals surface area contributed by atoms with Crippen molar-refractivity contribution in [3.63, 3.8) is 0 Å². The van der Waals surface area contributed by atoms with Crippen LogP contribution in [0, 0.1) is 13.8 Å². The Morgan fingerprint density at radius 1 is 1.42 bits per heavy atom. The van der Waals surface area contributed by atoms with Crippen LogP contribution in [0.3, 0.4) is 0 Å². The first-order chi connectivity index (χ1) is 11.3. The van der Waals surface area contributed by atoms with Crippen molar-refractivity contribution in [2.45, 2.75) is 40.2 Å². The van der Waals surface area contributed by atoms with Gasteiger partial charge in [0.2, 0.25) is 0 Å². The second-order valence-corrected chi connectivity index (χ2v) is 5.35. The summed E-state index contributed by atoms with van der Waals surface area (Å²) in [5.41, 5.74) is 9.35. The van der Waals surface area contributed by atoms with E-state index in [1.165, 1.54) is 17.2 Å². The summed E-state index contributed by atoms with van der Waals surface area (Å²) in [4.78, 5) is 21.0. The maximum absolute atomic E-state index is 10.8. The third-order valence-electron chi connectivity index (χ3n) is 3.20. The summed E-state index contributed by atoms with van der Waals surface area (Å²) >= 11 is 0. The number of carbonyl (C=O) groups is 2. The lowest BCUT2D eigenvalue weighted by atomic mass is 10.0. The van der Waals surface area contributed by atoms with Crippen molar-refractivity contribution in [2.24, 2.45) is 5.73 Å². The number of anilines is 1. The molecular formula is C18H28N2O4. The highest BCUT2D eigenvalue weighted by atomic mass is 16.5. The Balaban J connectivity index is 0.000000561. The summed E-state index contributed by atoms with van der Waals surface area (Å²) in [6.45, 7) is 11.3. The summed E-state index contributed by atoms with van der Waals surface area (Å²) in [6, 6.07) is 3.60. The highest BCUT2D eigenvalue weighted by Gasteiger charge is 2.13. The Morgan fingerprint density at radius 3 is 2.50 bits per heavy atom. The summed E-state index contributed by atoms with van der Waals surface area (Å²) in [7, 11) is 0. The molecule has 0 unspecified atom stereocenters. The Morgan fingerprint density at radius 2 is 2.04 bits per heavy atom. The van der Waals surface area contributed by atoms with Crippen LogP contribution in [0.15, 0.2) is 24.8 Å². The van der Waals surface area contributed by atoms with Crippen molar-refractivity contribution < 1.29 is 19.4 Å². The van der Waals surface area contributed by atoms with Crippen molar-refractivity contribution in [3.8, 4) is 0 Å². The lowest BCUT2D eigenvalue weighted by molar-refractivity contribution is -0.140. The fourth-order valence-electron chi connectivity index (χ4n) is 2.03. The lowest BCUT2D eigenvalue weighted by Crippen LogP contribution is -2.26. The summed E-state index contributed by atoms with van der Waals surface area (Å²) < 4.78 is 4.46. The zero-order valence-electron chi connectivity index (χ0n) is 14.9. The molecular weight excluding hydrogens is 308 g/mol. The molecule has 0 aliphatic heterocycles. The number of carbonyl (C=O) groups excluding carboxylic acids is 1. The smallest absolute Gasteiger partial charge is 0.325 e. The van der Waals surface area contributed by atoms with E-state index in [1.807, 2.05) is 6.92 Å². The second-order valence-electron chi connectivity index (χ2n) is 5.35. The number of nitrogens with two attached hydrogens (primary N) is 1. The van der Waals surface area contributed by atoms with E-state index in [0.29, 0.717) is 0 Å². The number of nitrogens with one attached hydrogen (secondary N) is 1. The molecule has 0 saturated carbocycles. The molecule has 6 nitrogen and oxygen atoms in total. The third kappa shape index (κ3) is 7.78. The number of rotatable bonds is 7. The number of carboxylic acids is 1. The molecule has 0 spiro atoms. The van der Waals surface area contributed by atoms with Crippen LogP contribution in [0.1, 0.15) is 30.5 Å². The molecule has 0 aliphatic carbocycles. The Hall–Kier alpha value is -2.34. The predicted molar refractivity (Wildman–Crippen MR) is 96.2 cm³/mol. The summed E-state index contributed by atoms with van der Waals surface area (Å²) in [5.74, 6) is -1.23. The molecule has 1 rings (SSSR count). The van der Waals surface area contributed by atoms with E-state index in [1.54, 1.807) is 6.92 Å². The minimum atomic E-state index is -0.831. The molecule has 0 bridgehead atoms. The van der Waals surface area contributed by atoms with Crippen LogP contribution in [-0.4, -0.2) is 36.2 Å². The first kappa shape index (κ1) is 21.7. The molecule has 4 N–H and O–H groups in total. The molecule has 0 saturated heterocycles. The highest BCUT2D eigenvalue weighted by Crippen LogP contribution is 2.24. The van der Waals surface area contributed by atoms with Gasteiger partial charge in [-0.05, 0) is 38.3 Å². The molecule has 6 heteroatoms. The van der Waals surface area contributed by atoms with Gasteiger partial charge in [-0.25, -0.2) is 0 Å². The van der Waals surface area contributed by atoms with Crippen LogP contribution in [0.5, 0.6) is 0 Å². The number of esters is 1. The Bertz CT molecular complexity index is 570. The van der Waals surface area contributed by atoms with Crippen LogP contribution in [0.2, 0.25) is 0 Å². The van der Waals surface area contributed by atoms with E-state index < -0.39 is 18.0 Å². The second kappa shape index (κ2) is 11.2. The van der Waals surface area contributed by atoms with Gasteiger partial charge >= 0.3 is 11.9 Å². The summed E-state index contributed by atoms with van der Waals surface area (Å²) in [5, 5.41) is 11.9. The molecule has 0 amide bonds. The number of benzene rings is 1. The minimum absolute atomic E-state index is 0.0617. The van der Waals surface area contributed by atoms with Crippen LogP contribution in [-0.2, 0) is 20.7 Å². The molecule has 134 valence electrons. The topological polar surface area (TPSA) is 102 Å². The van der Waals surface area contributed by atoms with E-state index in [2.05, 4.69) is 42.6 Å². The average Bonchev–Trinajstić information content (AvgIpc) is 2.54. The standard InChI is InChI=1S/C13H19NO2.C5H9NO2/c1-5-11-7-8(2)6-9(3)12(11)14-10(4)13(15)16;1-2-3-8-5(7)4-6/h6-7,10,14H,5H2,1-4H3,(H,15,16);2H,1,3-4,6H2/t10-;/m0./s1. The van der Waals surface area contributed by atoms with Gasteiger partial charge in [0.05, 0.1) is 6.54 Å². The molecule has 1 aromatic rings. The lowest BCUT2D eigenvalue weighted by Gasteiger charge is -2.17. The van der Waals surface area contributed by atoms with Gasteiger partial charge in [-0.1, -0.05) is 37.3 Å². The molecule has 0 aliphatic rings. The number of ether oxygens (including phenoxy) is 1. The Labute approximate surface area is 143 Å². The van der Waals surface area contributed by atoms with Crippen molar-refractivity contribution >= 4 is 17.6 Å². The number of hydrogen-bond donors (Lipinski definition) is 3. The van der Waals surface area contributed by atoms with Gasteiger partial charge in [0.1, 0.15) is 12.6 Å². The van der Waals surface area contributed by atoms with Crippen LogP contribution < -0.4 is 11.1 Å². The molecule has 1 atom stereocenters. The SMILES string of the molecule is C=CCOC(=O)CN.CCc1cc(C)cc(C)c1N[C@@H](C)C(=O)O. The van der Waals surface area contributed by atoms with E-state index >= 15 is 0 Å². The predicted octanol–water partition coefficient (Wildman–Crippen LogP) is 2.43. The van der Waals surface area contributed by atoms with Crippen molar-refractivity contribution in [2.75, 3.05) is 18.5 Å². The first-order valence-corrected chi connectivity index (χ1v) is 7.82. The molecule has 0 fully saturated rings. The van der Waals surface area contributed by atoms with E-state index in [0.717, 1.165) is 17.7 Å². The number of carboxylic acid groups (broad SMARTS) is 1. The van der Waals surface area contributed by atoms with Crippen LogP contribution in [0.4, 0.5) is 5.69 Å². The van der Waals surface area contributed by atoms with Gasteiger partial charge in [0, 0.05) is 5.69 Å². The Kier molecular flexibility index (Phi) is 10.1. The maximum Gasteiger partial charge on any atom is 0.325 e. The zero-order chi connectivity index (χ0) is 18.7. The normalized spacial score (nSPS) is 10.9. The molecule has 0 heterocycles. The van der Waals surface area contributed by atoms with E-state index in [9.17, 15) is 9.59 Å². The minimum Gasteiger partial charge on any atom is -0.480 e. The molecule has 1 aromatic carbocycles. The largest absolute Gasteiger partial charge is 0.480 e. The molecule has 0 radical (unpaired) electrons. The number of aryl methyl sites for hydroxylation is 3. The fraction of sp³-hybridized carbons (Fsp3) is 0.444. The van der Waals surface area contributed by atoms with Crippen LogP contribution >= 0.6 is 0 Å². The monoisotopic (exact) mass is 336 g/mol. The van der Waals surface area contributed by atoms with Gasteiger partial charge in [-0.3, -0.25) is 9.59 Å².